The fourth-order valence-electron chi connectivity index (χ4n) is 4.29. The highest BCUT2D eigenvalue weighted by atomic mass is 35.5. The van der Waals surface area contributed by atoms with Crippen molar-refractivity contribution in [2.45, 2.75) is 44.1 Å². The number of alkyl halides is 3. The van der Waals surface area contributed by atoms with Gasteiger partial charge in [-0.1, -0.05) is 11.6 Å². The van der Waals surface area contributed by atoms with Crippen LogP contribution in [0.4, 0.5) is 17.6 Å². The van der Waals surface area contributed by atoms with E-state index in [1.165, 1.54) is 12.1 Å². The number of ether oxygens (including phenoxy) is 2. The Labute approximate surface area is 228 Å². The summed E-state index contributed by atoms with van der Waals surface area (Å²) in [6.07, 6.45) is -2.02. The molecule has 11 nitrogen and oxygen atoms in total. The van der Waals surface area contributed by atoms with E-state index in [2.05, 4.69) is 15.0 Å². The molecule has 2 saturated heterocycles. The summed E-state index contributed by atoms with van der Waals surface area (Å²) in [5, 5.41) is 21.1. The van der Waals surface area contributed by atoms with Gasteiger partial charge < -0.3 is 19.6 Å². The highest BCUT2D eigenvalue weighted by Crippen LogP contribution is 2.33. The molecule has 2 aliphatic rings. The number of carboxylic acid groups (broad SMARTS) is 1. The lowest BCUT2D eigenvalue weighted by Gasteiger charge is -2.42. The molecule has 2 aromatic heterocycles. The topological polar surface area (TPSA) is 146 Å². The van der Waals surface area contributed by atoms with Crippen molar-refractivity contribution in [2.75, 3.05) is 26.3 Å². The minimum Gasteiger partial charge on any atom is -0.486 e. The third kappa shape index (κ3) is 6.19. The number of fused-ring (bicyclic) bond motifs is 1. The minimum atomic E-state index is -5.08. The van der Waals surface area contributed by atoms with Crippen molar-refractivity contribution in [2.24, 2.45) is 0 Å². The molecule has 2 aliphatic heterocycles. The van der Waals surface area contributed by atoms with Gasteiger partial charge in [0.1, 0.15) is 45.5 Å². The van der Waals surface area contributed by atoms with E-state index >= 15 is 0 Å². The quantitative estimate of drug-likeness (QED) is 0.428. The number of nitrogens with one attached hydrogen (secondary N) is 1. The molecule has 0 bridgehead atoms. The first-order valence-corrected chi connectivity index (χ1v) is 12.4. The smallest absolute Gasteiger partial charge is 0.486 e. The van der Waals surface area contributed by atoms with Gasteiger partial charge in [0.25, 0.3) is 5.56 Å². The molecule has 0 spiro atoms. The van der Waals surface area contributed by atoms with E-state index in [1.54, 1.807) is 12.3 Å². The van der Waals surface area contributed by atoms with Crippen LogP contribution < -0.4 is 10.3 Å². The molecule has 5 rings (SSSR count). The predicted octanol–water partition coefficient (Wildman–Crippen LogP) is 3.59. The molecule has 40 heavy (non-hydrogen) atoms. The number of benzene rings is 1. The van der Waals surface area contributed by atoms with Crippen LogP contribution in [0.25, 0.3) is 11.0 Å². The summed E-state index contributed by atoms with van der Waals surface area (Å²) in [7, 11) is 0. The van der Waals surface area contributed by atoms with E-state index in [-0.39, 0.29) is 40.1 Å². The molecule has 1 atom stereocenters. The van der Waals surface area contributed by atoms with Crippen LogP contribution in [0.1, 0.15) is 43.2 Å². The van der Waals surface area contributed by atoms with Gasteiger partial charge in [-0.2, -0.15) is 23.5 Å². The number of rotatable bonds is 5. The molecule has 214 valence electrons. The fraction of sp³-hybridized carbons (Fsp3) is 0.458. The zero-order chi connectivity index (χ0) is 29.2. The van der Waals surface area contributed by atoms with Crippen molar-refractivity contribution in [1.82, 2.24) is 24.6 Å². The molecule has 0 saturated carbocycles. The molecule has 1 aromatic carbocycles. The number of likely N-dealkylation sites (tertiary alicyclic amines) is 1. The van der Waals surface area contributed by atoms with Crippen LogP contribution in [0.15, 0.2) is 23.1 Å². The Morgan fingerprint density at radius 1 is 1.32 bits per heavy atom. The second-order valence-electron chi connectivity index (χ2n) is 9.14. The molecule has 0 aliphatic carbocycles. The highest BCUT2D eigenvalue weighted by molar-refractivity contribution is 6.33. The number of aliphatic carboxylic acids is 1. The van der Waals surface area contributed by atoms with Crippen molar-refractivity contribution < 1.29 is 36.9 Å². The Bertz CT molecular complexity index is 1490. The van der Waals surface area contributed by atoms with Gasteiger partial charge in [-0.25, -0.2) is 18.9 Å². The number of hydrogen-bond donors (Lipinski definition) is 2. The number of nitriles is 1. The van der Waals surface area contributed by atoms with E-state index in [0.29, 0.717) is 43.2 Å². The van der Waals surface area contributed by atoms with E-state index in [0.717, 1.165) is 12.8 Å². The summed E-state index contributed by atoms with van der Waals surface area (Å²) in [6, 6.07) is 4.36. The lowest BCUT2D eigenvalue weighted by molar-refractivity contribution is -0.192. The van der Waals surface area contributed by atoms with Gasteiger partial charge in [0.2, 0.25) is 0 Å². The maximum Gasteiger partial charge on any atom is 0.490 e. The largest absolute Gasteiger partial charge is 0.490 e. The monoisotopic (exact) mass is 586 g/mol. The molecular weight excluding hydrogens is 564 g/mol. The van der Waals surface area contributed by atoms with Gasteiger partial charge in [-0.3, -0.25) is 9.69 Å². The lowest BCUT2D eigenvalue weighted by Crippen LogP contribution is -2.54. The predicted molar refractivity (Wildman–Crippen MR) is 131 cm³/mol. The highest BCUT2D eigenvalue weighted by Gasteiger charge is 2.38. The van der Waals surface area contributed by atoms with E-state index in [4.69, 9.17) is 41.2 Å². The van der Waals surface area contributed by atoms with Crippen LogP contribution in [-0.2, 0) is 9.53 Å². The molecule has 16 heteroatoms. The average molecular weight is 587 g/mol. The molecule has 2 N–H and O–H groups in total. The normalized spacial score (nSPS) is 17.4. The maximum absolute atomic E-state index is 13.7. The molecular formula is C24H23ClF4N6O5. The maximum atomic E-state index is 13.7. The van der Waals surface area contributed by atoms with Crippen molar-refractivity contribution in [3.8, 4) is 11.8 Å². The standard InChI is InChI=1S/C22H22ClFN6O3.C2HF3O2/c1-12(29-10-14(11-29)33-18-3-2-17(24)15(8-25)19(18)23)20-27-21-16(22(31)28-20)9-26-30(21)13-4-6-32-7-5-13;3-2(4,5)1(6)7/h2-3,9,12-14H,4-7,10-11H2,1H3,(H,27,28,31);(H,6,7). The second kappa shape index (κ2) is 11.8. The summed E-state index contributed by atoms with van der Waals surface area (Å²) >= 11 is 6.11. The average Bonchev–Trinajstić information content (AvgIpc) is 3.32. The van der Waals surface area contributed by atoms with Crippen molar-refractivity contribution >= 4 is 28.6 Å². The fourth-order valence-corrected chi connectivity index (χ4v) is 4.53. The van der Waals surface area contributed by atoms with Crippen LogP contribution in [0.2, 0.25) is 5.02 Å². The van der Waals surface area contributed by atoms with Crippen LogP contribution in [0.3, 0.4) is 0 Å². The first-order valence-electron chi connectivity index (χ1n) is 12.0. The van der Waals surface area contributed by atoms with Gasteiger partial charge in [0, 0.05) is 26.3 Å². The first-order chi connectivity index (χ1) is 18.9. The Balaban J connectivity index is 0.000000470. The summed E-state index contributed by atoms with van der Waals surface area (Å²) in [5.74, 6) is -2.59. The number of H-pyrrole nitrogens is 1. The molecule has 1 unspecified atom stereocenters. The van der Waals surface area contributed by atoms with E-state index in [1.807, 2.05) is 11.6 Å². The summed E-state index contributed by atoms with van der Waals surface area (Å²) < 4.78 is 58.5. The van der Waals surface area contributed by atoms with Gasteiger partial charge in [0.05, 0.1) is 18.3 Å². The van der Waals surface area contributed by atoms with Crippen LogP contribution in [0, 0.1) is 17.1 Å². The van der Waals surface area contributed by atoms with E-state index < -0.39 is 18.0 Å². The molecule has 4 heterocycles. The van der Waals surface area contributed by atoms with E-state index in [9.17, 15) is 22.4 Å². The molecule has 2 fully saturated rings. The third-order valence-corrected chi connectivity index (χ3v) is 6.92. The number of aromatic amines is 1. The lowest BCUT2D eigenvalue weighted by atomic mass is 10.1. The Morgan fingerprint density at radius 2 is 1.98 bits per heavy atom. The van der Waals surface area contributed by atoms with Gasteiger partial charge >= 0.3 is 12.1 Å². The summed E-state index contributed by atoms with van der Waals surface area (Å²) in [6.45, 7) is 4.44. The van der Waals surface area contributed by atoms with Crippen LogP contribution >= 0.6 is 11.6 Å². The SMILES string of the molecule is CC(c1nc2c(cnn2C2CCOCC2)c(=O)[nH]1)N1CC(Oc2ccc(F)c(C#N)c2Cl)C1.O=C(O)C(F)(F)F. The first kappa shape index (κ1) is 29.2. The van der Waals surface area contributed by atoms with Gasteiger partial charge in [-0.05, 0) is 31.9 Å². The number of hydrogen-bond acceptors (Lipinski definition) is 8. The Morgan fingerprint density at radius 3 is 2.58 bits per heavy atom. The molecule has 3 aromatic rings. The summed E-state index contributed by atoms with van der Waals surface area (Å²) in [5.41, 5.74) is 0.147. The van der Waals surface area contributed by atoms with Crippen molar-refractivity contribution in [1.29, 1.82) is 5.26 Å². The summed E-state index contributed by atoms with van der Waals surface area (Å²) in [4.78, 5) is 31.3. The zero-order valence-electron chi connectivity index (χ0n) is 20.9. The Kier molecular flexibility index (Phi) is 8.62. The number of carbonyl (C=O) groups is 1. The minimum absolute atomic E-state index is 0.0261. The second-order valence-corrected chi connectivity index (χ2v) is 9.52. The number of halogens is 5. The van der Waals surface area contributed by atoms with Gasteiger partial charge in [-0.15, -0.1) is 0 Å². The number of aromatic nitrogens is 4. The van der Waals surface area contributed by atoms with Crippen molar-refractivity contribution in [3.05, 3.63) is 50.9 Å². The molecule has 0 amide bonds. The third-order valence-electron chi connectivity index (χ3n) is 6.54. The van der Waals surface area contributed by atoms with Crippen LogP contribution in [0.5, 0.6) is 5.75 Å². The number of nitrogens with zero attached hydrogens (tertiary/aromatic N) is 5. The molecule has 0 radical (unpaired) electrons. The zero-order valence-corrected chi connectivity index (χ0v) is 21.7. The number of carboxylic acids is 1. The van der Waals surface area contributed by atoms with Crippen LogP contribution in [-0.4, -0.2) is 74.3 Å². The Hall–Kier alpha value is -3.74. The van der Waals surface area contributed by atoms with Crippen molar-refractivity contribution in [3.63, 3.8) is 0 Å². The van der Waals surface area contributed by atoms with Gasteiger partial charge in [0.15, 0.2) is 5.65 Å².